The molecule has 3 rings (SSSR count). The number of ether oxygens (including phenoxy) is 1. The third-order valence-electron chi connectivity index (χ3n) is 5.20. The van der Waals surface area contributed by atoms with Crippen molar-refractivity contribution in [3.8, 4) is 11.5 Å². The molecule has 29 heavy (non-hydrogen) atoms. The Morgan fingerprint density at radius 2 is 1.86 bits per heavy atom. The second kappa shape index (κ2) is 9.76. The summed E-state index contributed by atoms with van der Waals surface area (Å²) in [6, 6.07) is 11.7. The van der Waals surface area contributed by atoms with E-state index in [4.69, 9.17) is 16.3 Å². The van der Waals surface area contributed by atoms with E-state index in [0.29, 0.717) is 42.5 Å². The number of Topliss-reactive ketones (excluding diaryl/α,β-unsaturated/α-hetero) is 1. The zero-order valence-corrected chi connectivity index (χ0v) is 17.1. The van der Waals surface area contributed by atoms with E-state index in [2.05, 4.69) is 10.2 Å². The van der Waals surface area contributed by atoms with E-state index in [1.54, 1.807) is 37.4 Å². The van der Waals surface area contributed by atoms with Gasteiger partial charge in [0.15, 0.2) is 5.78 Å². The van der Waals surface area contributed by atoms with Crippen LogP contribution in [0.4, 0.5) is 0 Å². The molecular weight excluding hydrogens is 392 g/mol. The number of nitrogens with zero attached hydrogens (tertiary/aromatic N) is 1. The molecule has 2 aromatic carbocycles. The molecule has 0 spiro atoms. The Hall–Kier alpha value is -2.57. The normalized spacial score (nSPS) is 15.1. The summed E-state index contributed by atoms with van der Waals surface area (Å²) in [7, 11) is 1.58. The number of piperidine rings is 1. The zero-order valence-electron chi connectivity index (χ0n) is 16.4. The van der Waals surface area contributed by atoms with Crippen LogP contribution in [0.5, 0.6) is 11.5 Å². The largest absolute Gasteiger partial charge is 0.508 e. The lowest BCUT2D eigenvalue weighted by Gasteiger charge is -2.30. The van der Waals surface area contributed by atoms with Gasteiger partial charge >= 0.3 is 0 Å². The number of halogens is 1. The van der Waals surface area contributed by atoms with Crippen molar-refractivity contribution < 1.29 is 19.4 Å². The Morgan fingerprint density at radius 1 is 1.17 bits per heavy atom. The minimum atomic E-state index is -0.0738. The van der Waals surface area contributed by atoms with Gasteiger partial charge in [-0.15, -0.1) is 0 Å². The number of carbonyl (C=O) groups excluding carboxylic acids is 2. The number of likely N-dealkylation sites (tertiary alicyclic amines) is 1. The number of aromatic hydroxyl groups is 1. The smallest absolute Gasteiger partial charge is 0.234 e. The first-order valence-corrected chi connectivity index (χ1v) is 9.99. The number of nitrogens with one attached hydrogen (secondary N) is 1. The number of carbonyl (C=O) groups is 2. The van der Waals surface area contributed by atoms with Gasteiger partial charge in [0.2, 0.25) is 5.91 Å². The molecule has 0 saturated carbocycles. The summed E-state index contributed by atoms with van der Waals surface area (Å²) < 4.78 is 5.29. The number of benzene rings is 2. The van der Waals surface area contributed by atoms with Gasteiger partial charge < -0.3 is 15.2 Å². The number of rotatable bonds is 7. The number of ketones is 1. The van der Waals surface area contributed by atoms with Crippen molar-refractivity contribution >= 4 is 23.3 Å². The fourth-order valence-corrected chi connectivity index (χ4v) is 3.75. The third-order valence-corrected chi connectivity index (χ3v) is 5.43. The summed E-state index contributed by atoms with van der Waals surface area (Å²) in [5.41, 5.74) is 1.45. The van der Waals surface area contributed by atoms with Gasteiger partial charge in [-0.2, -0.15) is 0 Å². The number of methoxy groups -OCH3 is 1. The first kappa shape index (κ1) is 21.1. The summed E-state index contributed by atoms with van der Waals surface area (Å²) in [6.07, 6.45) is 1.43. The Balaban J connectivity index is 1.45. The average Bonchev–Trinajstić information content (AvgIpc) is 2.73. The van der Waals surface area contributed by atoms with Crippen LogP contribution < -0.4 is 10.1 Å². The highest BCUT2D eigenvalue weighted by Gasteiger charge is 2.26. The van der Waals surface area contributed by atoms with Gasteiger partial charge in [-0.3, -0.25) is 14.5 Å². The quantitative estimate of drug-likeness (QED) is 0.677. The van der Waals surface area contributed by atoms with E-state index < -0.39 is 0 Å². The predicted molar refractivity (Wildman–Crippen MR) is 111 cm³/mol. The zero-order chi connectivity index (χ0) is 20.8. The molecule has 0 radical (unpaired) electrons. The van der Waals surface area contributed by atoms with Gasteiger partial charge in [0.1, 0.15) is 11.5 Å². The van der Waals surface area contributed by atoms with Crippen molar-refractivity contribution in [2.75, 3.05) is 26.7 Å². The second-order valence-electron chi connectivity index (χ2n) is 7.19. The predicted octanol–water partition coefficient (Wildman–Crippen LogP) is 3.27. The van der Waals surface area contributed by atoms with E-state index >= 15 is 0 Å². The fraction of sp³-hybridized carbons (Fsp3) is 0.364. The number of phenols is 1. The molecule has 0 aliphatic carbocycles. The molecule has 7 heteroatoms. The molecule has 0 bridgehead atoms. The molecule has 2 aromatic rings. The minimum absolute atomic E-state index is 0.0467. The van der Waals surface area contributed by atoms with Crippen LogP contribution in [0.2, 0.25) is 5.02 Å². The van der Waals surface area contributed by atoms with E-state index in [9.17, 15) is 14.7 Å². The number of amides is 1. The number of hydrogen-bond donors (Lipinski definition) is 2. The van der Waals surface area contributed by atoms with Crippen LogP contribution in [0.3, 0.4) is 0 Å². The molecule has 0 unspecified atom stereocenters. The van der Waals surface area contributed by atoms with Crippen LogP contribution in [0.15, 0.2) is 42.5 Å². The highest BCUT2D eigenvalue weighted by molar-refractivity contribution is 6.30. The summed E-state index contributed by atoms with van der Waals surface area (Å²) in [5, 5.41) is 12.9. The van der Waals surface area contributed by atoms with E-state index in [1.165, 1.54) is 12.1 Å². The van der Waals surface area contributed by atoms with Crippen LogP contribution in [0.25, 0.3) is 0 Å². The minimum Gasteiger partial charge on any atom is -0.508 e. The van der Waals surface area contributed by atoms with Gasteiger partial charge in [-0.1, -0.05) is 11.6 Å². The standard InChI is InChI=1S/C22H25ClN2O4/c1-29-20-7-4-18(23)12-17(20)13-24-21(27)14-25-10-8-16(9-11-25)22(28)15-2-5-19(26)6-3-15/h2-7,12,16,26H,8-11,13-14H2,1H3,(H,24,27). The van der Waals surface area contributed by atoms with Crippen LogP contribution in [-0.4, -0.2) is 48.4 Å². The van der Waals surface area contributed by atoms with E-state index in [0.717, 1.165) is 18.4 Å². The molecule has 1 amide bonds. The Bertz CT molecular complexity index is 862. The summed E-state index contributed by atoms with van der Waals surface area (Å²) in [6.45, 7) is 2.03. The van der Waals surface area contributed by atoms with Gasteiger partial charge in [0, 0.05) is 28.6 Å². The summed E-state index contributed by atoms with van der Waals surface area (Å²) in [5.74, 6) is 0.813. The van der Waals surface area contributed by atoms with Gasteiger partial charge in [-0.05, 0) is 68.4 Å². The van der Waals surface area contributed by atoms with Crippen molar-refractivity contribution in [3.63, 3.8) is 0 Å². The molecule has 6 nitrogen and oxygen atoms in total. The molecule has 1 heterocycles. The maximum atomic E-state index is 12.6. The Labute approximate surface area is 175 Å². The summed E-state index contributed by atoms with van der Waals surface area (Å²) in [4.78, 5) is 27.0. The van der Waals surface area contributed by atoms with Crippen LogP contribution in [0, 0.1) is 5.92 Å². The van der Waals surface area contributed by atoms with Gasteiger partial charge in [0.05, 0.1) is 13.7 Å². The molecule has 0 aromatic heterocycles. The van der Waals surface area contributed by atoms with E-state index in [-0.39, 0.29) is 23.4 Å². The molecule has 2 N–H and O–H groups in total. The third kappa shape index (κ3) is 5.71. The maximum Gasteiger partial charge on any atom is 0.234 e. The van der Waals surface area contributed by atoms with Crippen LogP contribution >= 0.6 is 11.6 Å². The molecule has 1 fully saturated rings. The number of phenolic OH excluding ortho intramolecular Hbond substituents is 1. The Kier molecular flexibility index (Phi) is 7.12. The average molecular weight is 417 g/mol. The lowest BCUT2D eigenvalue weighted by Crippen LogP contribution is -2.42. The molecule has 1 aliphatic rings. The fourth-order valence-electron chi connectivity index (χ4n) is 3.55. The Morgan fingerprint density at radius 3 is 2.52 bits per heavy atom. The number of hydrogen-bond acceptors (Lipinski definition) is 5. The SMILES string of the molecule is COc1ccc(Cl)cc1CNC(=O)CN1CCC(C(=O)c2ccc(O)cc2)CC1. The molecule has 154 valence electrons. The molecule has 1 aliphatic heterocycles. The van der Waals surface area contributed by atoms with Gasteiger partial charge in [-0.25, -0.2) is 0 Å². The van der Waals surface area contributed by atoms with E-state index in [1.807, 2.05) is 0 Å². The molecular formula is C22H25ClN2O4. The highest BCUT2D eigenvalue weighted by Crippen LogP contribution is 2.24. The van der Waals surface area contributed by atoms with Crippen LogP contribution in [0.1, 0.15) is 28.8 Å². The van der Waals surface area contributed by atoms with Crippen molar-refractivity contribution in [3.05, 3.63) is 58.6 Å². The molecule has 1 saturated heterocycles. The second-order valence-corrected chi connectivity index (χ2v) is 7.63. The first-order chi connectivity index (χ1) is 14.0. The topological polar surface area (TPSA) is 78.9 Å². The maximum absolute atomic E-state index is 12.6. The molecule has 0 atom stereocenters. The monoisotopic (exact) mass is 416 g/mol. The lowest BCUT2D eigenvalue weighted by atomic mass is 9.89. The van der Waals surface area contributed by atoms with Crippen molar-refractivity contribution in [2.45, 2.75) is 19.4 Å². The lowest BCUT2D eigenvalue weighted by molar-refractivity contribution is -0.122. The highest BCUT2D eigenvalue weighted by atomic mass is 35.5. The first-order valence-electron chi connectivity index (χ1n) is 9.61. The summed E-state index contributed by atoms with van der Waals surface area (Å²) >= 11 is 6.02. The van der Waals surface area contributed by atoms with Crippen molar-refractivity contribution in [2.24, 2.45) is 5.92 Å². The van der Waals surface area contributed by atoms with Crippen LogP contribution in [-0.2, 0) is 11.3 Å². The van der Waals surface area contributed by atoms with Crippen molar-refractivity contribution in [1.82, 2.24) is 10.2 Å². The van der Waals surface area contributed by atoms with Gasteiger partial charge in [0.25, 0.3) is 0 Å². The van der Waals surface area contributed by atoms with Crippen molar-refractivity contribution in [1.29, 1.82) is 0 Å².